The molecular weight excluding hydrogens is 274 g/mol. The van der Waals surface area contributed by atoms with Gasteiger partial charge in [-0.25, -0.2) is 4.98 Å². The molecule has 0 fully saturated rings. The van der Waals surface area contributed by atoms with Crippen LogP contribution in [-0.2, 0) is 0 Å². The monoisotopic (exact) mass is 297 g/mol. The maximum atomic E-state index is 4.87. The standard InChI is InChI=1S/C14H23N3S2/c1-9-8-15-12(19-9)10(2)16-13-17-11(6-7-18-13)14(3,4)5/h8,10-11H,6-7H2,1-5H3,(H,16,17). The number of aliphatic imine (C=N–C) groups is 1. The topological polar surface area (TPSA) is 37.3 Å². The van der Waals surface area contributed by atoms with Gasteiger partial charge in [-0.05, 0) is 25.7 Å². The number of thiazole rings is 1. The molecule has 19 heavy (non-hydrogen) atoms. The van der Waals surface area contributed by atoms with Crippen molar-refractivity contribution in [2.45, 2.75) is 53.1 Å². The predicted molar refractivity (Wildman–Crippen MR) is 86.2 cm³/mol. The number of aryl methyl sites for hydroxylation is 1. The van der Waals surface area contributed by atoms with Gasteiger partial charge < -0.3 is 5.32 Å². The fraction of sp³-hybridized carbons (Fsp3) is 0.714. The summed E-state index contributed by atoms with van der Waals surface area (Å²) in [5.41, 5.74) is 0.245. The zero-order chi connectivity index (χ0) is 14.0. The summed E-state index contributed by atoms with van der Waals surface area (Å²) in [4.78, 5) is 10.6. The Morgan fingerprint density at radius 3 is 2.74 bits per heavy atom. The maximum absolute atomic E-state index is 4.87. The molecule has 0 aliphatic carbocycles. The van der Waals surface area contributed by atoms with Crippen molar-refractivity contribution in [3.8, 4) is 0 Å². The lowest BCUT2D eigenvalue weighted by Crippen LogP contribution is -2.34. The highest BCUT2D eigenvalue weighted by atomic mass is 32.2. The molecule has 2 atom stereocenters. The first kappa shape index (κ1) is 14.9. The van der Waals surface area contributed by atoms with Gasteiger partial charge in [0, 0.05) is 16.8 Å². The molecule has 0 saturated carbocycles. The Bertz CT molecular complexity index is 460. The molecule has 0 bridgehead atoms. The van der Waals surface area contributed by atoms with Crippen LogP contribution in [0.25, 0.3) is 0 Å². The minimum absolute atomic E-state index is 0.240. The Labute approximate surface area is 124 Å². The van der Waals surface area contributed by atoms with Gasteiger partial charge in [0.15, 0.2) is 5.17 Å². The molecule has 2 heterocycles. The van der Waals surface area contributed by atoms with E-state index in [1.807, 2.05) is 18.0 Å². The smallest absolute Gasteiger partial charge is 0.157 e. The molecular formula is C14H23N3S2. The molecule has 0 saturated heterocycles. The van der Waals surface area contributed by atoms with E-state index in [9.17, 15) is 0 Å². The fourth-order valence-electron chi connectivity index (χ4n) is 2.04. The third-order valence-electron chi connectivity index (χ3n) is 3.25. The number of hydrogen-bond acceptors (Lipinski definition) is 5. The Morgan fingerprint density at radius 1 is 1.42 bits per heavy atom. The van der Waals surface area contributed by atoms with Gasteiger partial charge in [-0.2, -0.15) is 0 Å². The van der Waals surface area contributed by atoms with E-state index in [1.165, 1.54) is 11.3 Å². The third-order valence-corrected chi connectivity index (χ3v) is 5.28. The van der Waals surface area contributed by atoms with Crippen molar-refractivity contribution in [2.75, 3.05) is 5.75 Å². The molecule has 3 nitrogen and oxygen atoms in total. The maximum Gasteiger partial charge on any atom is 0.157 e. The highest BCUT2D eigenvalue weighted by Gasteiger charge is 2.27. The molecule has 106 valence electrons. The number of nitrogens with zero attached hydrogens (tertiary/aromatic N) is 2. The molecule has 5 heteroatoms. The molecule has 1 aromatic heterocycles. The van der Waals surface area contributed by atoms with Crippen LogP contribution in [0, 0.1) is 12.3 Å². The van der Waals surface area contributed by atoms with Crippen molar-refractivity contribution < 1.29 is 0 Å². The molecule has 2 unspecified atom stereocenters. The second kappa shape index (κ2) is 5.83. The predicted octanol–water partition coefficient (Wildman–Crippen LogP) is 4.01. The Kier molecular flexibility index (Phi) is 4.56. The van der Waals surface area contributed by atoms with Gasteiger partial charge in [-0.15, -0.1) is 11.3 Å². The van der Waals surface area contributed by atoms with E-state index in [0.717, 1.165) is 15.9 Å². The van der Waals surface area contributed by atoms with E-state index in [1.54, 1.807) is 11.3 Å². The van der Waals surface area contributed by atoms with Crippen LogP contribution in [0.3, 0.4) is 0 Å². The van der Waals surface area contributed by atoms with E-state index in [4.69, 9.17) is 4.99 Å². The minimum atomic E-state index is 0.240. The van der Waals surface area contributed by atoms with Crippen LogP contribution in [0.2, 0.25) is 0 Å². The average molecular weight is 297 g/mol. The molecule has 0 spiro atoms. The van der Waals surface area contributed by atoms with Crippen molar-refractivity contribution in [3.63, 3.8) is 0 Å². The van der Waals surface area contributed by atoms with Crippen LogP contribution >= 0.6 is 23.1 Å². The van der Waals surface area contributed by atoms with Gasteiger partial charge in [0.1, 0.15) is 5.01 Å². The fourth-order valence-corrected chi connectivity index (χ4v) is 3.81. The summed E-state index contributed by atoms with van der Waals surface area (Å²) in [5, 5.41) is 5.72. The lowest BCUT2D eigenvalue weighted by atomic mass is 9.85. The van der Waals surface area contributed by atoms with E-state index >= 15 is 0 Å². The van der Waals surface area contributed by atoms with Gasteiger partial charge in [-0.3, -0.25) is 4.99 Å². The van der Waals surface area contributed by atoms with Gasteiger partial charge >= 0.3 is 0 Å². The number of thioether (sulfide) groups is 1. The molecule has 1 aliphatic rings. The van der Waals surface area contributed by atoms with Crippen molar-refractivity contribution in [3.05, 3.63) is 16.1 Å². The lowest BCUT2D eigenvalue weighted by Gasteiger charge is -2.31. The zero-order valence-corrected chi connectivity index (χ0v) is 14.0. The van der Waals surface area contributed by atoms with E-state index < -0.39 is 0 Å². The first-order valence-electron chi connectivity index (χ1n) is 6.75. The van der Waals surface area contributed by atoms with Crippen LogP contribution in [0.5, 0.6) is 0 Å². The largest absolute Gasteiger partial charge is 0.356 e. The van der Waals surface area contributed by atoms with Gasteiger partial charge in [-0.1, -0.05) is 32.5 Å². The molecule has 1 aromatic rings. The molecule has 0 amide bonds. The van der Waals surface area contributed by atoms with Crippen molar-refractivity contribution in [1.29, 1.82) is 0 Å². The van der Waals surface area contributed by atoms with Crippen LogP contribution in [-0.4, -0.2) is 21.9 Å². The lowest BCUT2D eigenvalue weighted by molar-refractivity contribution is 0.315. The van der Waals surface area contributed by atoms with Crippen LogP contribution in [0.15, 0.2) is 11.2 Å². The molecule has 0 aromatic carbocycles. The third kappa shape index (κ3) is 3.96. The molecule has 2 rings (SSSR count). The van der Waals surface area contributed by atoms with E-state index in [-0.39, 0.29) is 11.5 Å². The molecule has 1 aliphatic heterocycles. The quantitative estimate of drug-likeness (QED) is 0.896. The summed E-state index contributed by atoms with van der Waals surface area (Å²) in [5.74, 6) is 1.15. The first-order chi connectivity index (χ1) is 8.86. The summed E-state index contributed by atoms with van der Waals surface area (Å²) in [6.07, 6.45) is 3.11. The zero-order valence-electron chi connectivity index (χ0n) is 12.4. The average Bonchev–Trinajstić information content (AvgIpc) is 2.75. The summed E-state index contributed by atoms with van der Waals surface area (Å²) in [6.45, 7) is 11.0. The molecule has 0 radical (unpaired) electrons. The normalized spacial score (nSPS) is 21.9. The van der Waals surface area contributed by atoms with Gasteiger partial charge in [0.05, 0.1) is 12.1 Å². The Morgan fingerprint density at radius 2 is 2.16 bits per heavy atom. The SMILES string of the molecule is Cc1cnc(C(C)NC2=NC(C(C)(C)C)CCS2)s1. The number of aromatic nitrogens is 1. The Hall–Kier alpha value is -0.550. The summed E-state index contributed by atoms with van der Waals surface area (Å²) < 4.78 is 0. The van der Waals surface area contributed by atoms with Crippen molar-refractivity contribution in [2.24, 2.45) is 10.4 Å². The van der Waals surface area contributed by atoms with E-state index in [0.29, 0.717) is 6.04 Å². The van der Waals surface area contributed by atoms with Gasteiger partial charge in [0.2, 0.25) is 0 Å². The summed E-state index contributed by atoms with van der Waals surface area (Å²) >= 11 is 3.58. The van der Waals surface area contributed by atoms with Crippen molar-refractivity contribution >= 4 is 28.3 Å². The first-order valence-corrected chi connectivity index (χ1v) is 8.56. The van der Waals surface area contributed by atoms with Crippen molar-refractivity contribution in [1.82, 2.24) is 10.3 Å². The highest BCUT2D eigenvalue weighted by molar-refractivity contribution is 8.13. The van der Waals surface area contributed by atoms with Gasteiger partial charge in [0.25, 0.3) is 0 Å². The Balaban J connectivity index is 2.04. The number of rotatable bonds is 2. The summed E-state index contributed by atoms with van der Waals surface area (Å²) in [7, 11) is 0. The second-order valence-corrected chi connectivity index (χ2v) is 8.48. The number of nitrogens with one attached hydrogen (secondary N) is 1. The summed E-state index contributed by atoms with van der Waals surface area (Å²) in [6, 6.07) is 0.658. The number of amidine groups is 1. The minimum Gasteiger partial charge on any atom is -0.356 e. The second-order valence-electron chi connectivity index (χ2n) is 6.13. The molecule has 1 N–H and O–H groups in total. The number of hydrogen-bond donors (Lipinski definition) is 1. The van der Waals surface area contributed by atoms with Crippen LogP contribution in [0.1, 0.15) is 50.0 Å². The highest BCUT2D eigenvalue weighted by Crippen LogP contribution is 2.31. The van der Waals surface area contributed by atoms with E-state index in [2.05, 4.69) is 44.9 Å². The van der Waals surface area contributed by atoms with Crippen LogP contribution < -0.4 is 5.32 Å². The van der Waals surface area contributed by atoms with Crippen LogP contribution in [0.4, 0.5) is 0 Å².